The summed E-state index contributed by atoms with van der Waals surface area (Å²) in [5, 5.41) is 15.4. The van der Waals surface area contributed by atoms with Crippen LogP contribution in [0, 0.1) is 10.1 Å². The van der Waals surface area contributed by atoms with Gasteiger partial charge in [0, 0.05) is 31.3 Å². The van der Waals surface area contributed by atoms with Gasteiger partial charge in [0.25, 0.3) is 0 Å². The van der Waals surface area contributed by atoms with E-state index >= 15 is 0 Å². The zero-order valence-electron chi connectivity index (χ0n) is 14.4. The van der Waals surface area contributed by atoms with Crippen molar-refractivity contribution in [2.75, 3.05) is 18.2 Å². The number of nitro benzene ring substituents is 1. The minimum atomic E-state index is -3.77. The number of aromatic nitrogens is 3. The maximum absolute atomic E-state index is 11.9. The summed E-state index contributed by atoms with van der Waals surface area (Å²) < 4.78 is 29.0. The van der Waals surface area contributed by atoms with Gasteiger partial charge in [-0.25, -0.2) is 8.42 Å². The summed E-state index contributed by atoms with van der Waals surface area (Å²) in [6, 6.07) is 7.62. The molecule has 0 saturated carbocycles. The van der Waals surface area contributed by atoms with E-state index in [1.54, 1.807) is 31.6 Å². The first-order valence-corrected chi connectivity index (χ1v) is 9.58. The van der Waals surface area contributed by atoms with E-state index in [0.717, 1.165) is 6.26 Å². The fourth-order valence-corrected chi connectivity index (χ4v) is 3.38. The van der Waals surface area contributed by atoms with E-state index in [1.807, 2.05) is 0 Å². The predicted molar refractivity (Wildman–Crippen MR) is 95.8 cm³/mol. The van der Waals surface area contributed by atoms with E-state index in [-0.39, 0.29) is 23.0 Å². The van der Waals surface area contributed by atoms with Crippen LogP contribution >= 0.6 is 0 Å². The van der Waals surface area contributed by atoms with Crippen LogP contribution in [0.2, 0.25) is 0 Å². The highest BCUT2D eigenvalue weighted by Gasteiger charge is 2.28. The SMILES string of the molecule is CN(Cc1nc(-c2cccnc2)no1)c1cccc(S(C)(=O)=O)c1[N+](=O)[O-]. The molecule has 3 rings (SSSR count). The summed E-state index contributed by atoms with van der Waals surface area (Å²) in [7, 11) is -2.19. The molecule has 11 heteroatoms. The fraction of sp³-hybridized carbons (Fsp3) is 0.188. The van der Waals surface area contributed by atoms with Crippen molar-refractivity contribution >= 4 is 21.2 Å². The van der Waals surface area contributed by atoms with E-state index in [0.29, 0.717) is 11.4 Å². The molecule has 0 atom stereocenters. The Morgan fingerprint density at radius 2 is 2.04 bits per heavy atom. The van der Waals surface area contributed by atoms with E-state index < -0.39 is 20.4 Å². The smallest absolute Gasteiger partial charge is 0.311 e. The van der Waals surface area contributed by atoms with Gasteiger partial charge in [-0.3, -0.25) is 15.1 Å². The van der Waals surface area contributed by atoms with Crippen molar-refractivity contribution in [3.8, 4) is 11.4 Å². The molecule has 10 nitrogen and oxygen atoms in total. The molecule has 140 valence electrons. The molecule has 3 aromatic rings. The molecule has 0 unspecified atom stereocenters. The second kappa shape index (κ2) is 7.11. The van der Waals surface area contributed by atoms with Gasteiger partial charge < -0.3 is 9.42 Å². The number of rotatable bonds is 6. The Hall–Kier alpha value is -3.34. The molecule has 2 aromatic heterocycles. The van der Waals surface area contributed by atoms with Crippen LogP contribution in [0.15, 0.2) is 52.1 Å². The van der Waals surface area contributed by atoms with Crippen molar-refractivity contribution in [1.82, 2.24) is 15.1 Å². The number of pyridine rings is 1. The molecule has 2 heterocycles. The fourth-order valence-electron chi connectivity index (χ4n) is 2.52. The maximum atomic E-state index is 11.9. The highest BCUT2D eigenvalue weighted by Crippen LogP contribution is 2.34. The summed E-state index contributed by atoms with van der Waals surface area (Å²) in [4.78, 5) is 20.1. The molecule has 0 aliphatic heterocycles. The standard InChI is InChI=1S/C16H15N5O5S/c1-20(10-14-18-16(19-26-14)11-5-4-8-17-9-11)12-6-3-7-13(27(2,24)25)15(12)21(22)23/h3-9H,10H2,1-2H3. The number of hydrogen-bond donors (Lipinski definition) is 0. The maximum Gasteiger partial charge on any atom is 0.311 e. The highest BCUT2D eigenvalue weighted by molar-refractivity contribution is 7.90. The molecular weight excluding hydrogens is 374 g/mol. The number of benzene rings is 1. The Balaban J connectivity index is 1.92. The molecule has 0 aliphatic carbocycles. The normalized spacial score (nSPS) is 11.3. The summed E-state index contributed by atoms with van der Waals surface area (Å²) in [5.74, 6) is 0.557. The van der Waals surface area contributed by atoms with Crippen LogP contribution in [0.25, 0.3) is 11.4 Å². The first-order chi connectivity index (χ1) is 12.8. The number of hydrogen-bond acceptors (Lipinski definition) is 9. The lowest BCUT2D eigenvalue weighted by Gasteiger charge is -2.17. The Kier molecular flexibility index (Phi) is 4.86. The molecule has 0 saturated heterocycles. The van der Waals surface area contributed by atoms with Crippen molar-refractivity contribution < 1.29 is 17.9 Å². The number of anilines is 1. The molecule has 0 radical (unpaired) electrons. The van der Waals surface area contributed by atoms with Crippen molar-refractivity contribution in [2.24, 2.45) is 0 Å². The second-order valence-electron chi connectivity index (χ2n) is 5.76. The van der Waals surface area contributed by atoms with Gasteiger partial charge in [-0.05, 0) is 24.3 Å². The number of para-hydroxylation sites is 1. The van der Waals surface area contributed by atoms with Crippen molar-refractivity contribution in [3.63, 3.8) is 0 Å². The molecule has 0 bridgehead atoms. The molecule has 0 fully saturated rings. The van der Waals surface area contributed by atoms with Crippen LogP contribution in [0.5, 0.6) is 0 Å². The average molecular weight is 389 g/mol. The van der Waals surface area contributed by atoms with Gasteiger partial charge in [-0.1, -0.05) is 11.2 Å². The van der Waals surface area contributed by atoms with Crippen LogP contribution in [-0.4, -0.2) is 41.8 Å². The first kappa shape index (κ1) is 18.5. The van der Waals surface area contributed by atoms with Gasteiger partial charge >= 0.3 is 5.69 Å². The molecular formula is C16H15N5O5S. The topological polar surface area (TPSA) is 132 Å². The lowest BCUT2D eigenvalue weighted by Crippen LogP contribution is -2.19. The third kappa shape index (κ3) is 3.92. The summed E-state index contributed by atoms with van der Waals surface area (Å²) in [6.07, 6.45) is 4.13. The Labute approximate surface area is 154 Å². The molecule has 0 amide bonds. The molecule has 0 N–H and O–H groups in total. The second-order valence-corrected chi connectivity index (χ2v) is 7.75. The summed E-state index contributed by atoms with van der Waals surface area (Å²) in [6.45, 7) is 0.0569. The number of nitrogens with zero attached hydrogens (tertiary/aromatic N) is 5. The van der Waals surface area contributed by atoms with Gasteiger partial charge in [0.2, 0.25) is 11.7 Å². The van der Waals surface area contributed by atoms with Crippen LogP contribution in [0.4, 0.5) is 11.4 Å². The van der Waals surface area contributed by atoms with Crippen LogP contribution in [0.3, 0.4) is 0 Å². The predicted octanol–water partition coefficient (Wildman–Crippen LogP) is 2.08. The van der Waals surface area contributed by atoms with Crippen molar-refractivity contribution in [2.45, 2.75) is 11.4 Å². The van der Waals surface area contributed by atoms with Gasteiger partial charge in [-0.2, -0.15) is 4.98 Å². The van der Waals surface area contributed by atoms with Gasteiger partial charge in [0.05, 0.1) is 11.5 Å². The molecule has 27 heavy (non-hydrogen) atoms. The van der Waals surface area contributed by atoms with Crippen molar-refractivity contribution in [1.29, 1.82) is 0 Å². The lowest BCUT2D eigenvalue weighted by molar-refractivity contribution is -0.387. The van der Waals surface area contributed by atoms with Crippen LogP contribution in [-0.2, 0) is 16.4 Å². The van der Waals surface area contributed by atoms with Gasteiger partial charge in [0.15, 0.2) is 9.84 Å². The minimum absolute atomic E-state index is 0.0569. The quantitative estimate of drug-likeness (QED) is 0.459. The van der Waals surface area contributed by atoms with Crippen LogP contribution in [0.1, 0.15) is 5.89 Å². The van der Waals surface area contributed by atoms with E-state index in [9.17, 15) is 18.5 Å². The Morgan fingerprint density at radius 3 is 2.67 bits per heavy atom. The van der Waals surface area contributed by atoms with Crippen LogP contribution < -0.4 is 4.90 Å². The summed E-state index contributed by atoms with van der Waals surface area (Å²) in [5.41, 5.74) is 0.304. The first-order valence-electron chi connectivity index (χ1n) is 7.69. The zero-order chi connectivity index (χ0) is 19.6. The van der Waals surface area contributed by atoms with Crippen molar-refractivity contribution in [3.05, 3.63) is 58.7 Å². The minimum Gasteiger partial charge on any atom is -0.360 e. The number of sulfone groups is 1. The largest absolute Gasteiger partial charge is 0.360 e. The molecule has 0 spiro atoms. The highest BCUT2D eigenvalue weighted by atomic mass is 32.2. The van der Waals surface area contributed by atoms with E-state index in [2.05, 4.69) is 15.1 Å². The zero-order valence-corrected chi connectivity index (χ0v) is 15.3. The molecule has 1 aromatic carbocycles. The summed E-state index contributed by atoms with van der Waals surface area (Å²) >= 11 is 0. The van der Waals surface area contributed by atoms with E-state index in [1.165, 1.54) is 23.1 Å². The van der Waals surface area contributed by atoms with Gasteiger partial charge in [0.1, 0.15) is 10.6 Å². The molecule has 0 aliphatic rings. The van der Waals surface area contributed by atoms with E-state index in [4.69, 9.17) is 4.52 Å². The lowest BCUT2D eigenvalue weighted by atomic mass is 10.2. The third-order valence-corrected chi connectivity index (χ3v) is 4.86. The number of nitro groups is 1. The third-order valence-electron chi connectivity index (χ3n) is 3.73. The Bertz CT molecular complexity index is 1080. The van der Waals surface area contributed by atoms with Gasteiger partial charge in [-0.15, -0.1) is 0 Å². The Morgan fingerprint density at radius 1 is 1.26 bits per heavy atom. The average Bonchev–Trinajstić information content (AvgIpc) is 3.09. The monoisotopic (exact) mass is 389 g/mol.